The summed E-state index contributed by atoms with van der Waals surface area (Å²) in [6, 6.07) is 13.5. The van der Waals surface area contributed by atoms with Crippen LogP contribution in [-0.4, -0.2) is 60.9 Å². The number of amides is 1. The van der Waals surface area contributed by atoms with Gasteiger partial charge in [0.1, 0.15) is 11.3 Å². The molecule has 1 aromatic heterocycles. The van der Waals surface area contributed by atoms with E-state index >= 15 is 0 Å². The molecule has 1 atom stereocenters. The molecule has 0 saturated heterocycles. The second-order valence-electron chi connectivity index (χ2n) is 8.22. The van der Waals surface area contributed by atoms with Crippen LogP contribution in [0.3, 0.4) is 0 Å². The number of fused-ring (bicyclic) bond motifs is 1. The minimum atomic E-state index is -0.724. The number of hydrogen-bond acceptors (Lipinski definition) is 6. The average Bonchev–Trinajstić information content (AvgIpc) is 3.32. The summed E-state index contributed by atoms with van der Waals surface area (Å²) in [5.41, 5.74) is 1.28. The van der Waals surface area contributed by atoms with Crippen molar-refractivity contribution in [1.29, 1.82) is 0 Å². The molecule has 7 nitrogen and oxygen atoms in total. The predicted molar refractivity (Wildman–Crippen MR) is 129 cm³/mol. The Morgan fingerprint density at radius 3 is 2.58 bits per heavy atom. The third-order valence-electron chi connectivity index (χ3n) is 5.69. The molecule has 2 heterocycles. The van der Waals surface area contributed by atoms with Crippen LogP contribution < -0.4 is 4.74 Å². The van der Waals surface area contributed by atoms with Crippen molar-refractivity contribution in [2.24, 2.45) is 0 Å². The Balaban J connectivity index is 1.74. The Kier molecular flexibility index (Phi) is 6.58. The highest BCUT2D eigenvalue weighted by molar-refractivity contribution is 9.10. The lowest BCUT2D eigenvalue weighted by molar-refractivity contribution is -0.129. The zero-order valence-electron chi connectivity index (χ0n) is 18.7. The lowest BCUT2D eigenvalue weighted by atomic mass is 9.95. The van der Waals surface area contributed by atoms with Gasteiger partial charge in [-0.25, -0.2) is 0 Å². The van der Waals surface area contributed by atoms with Crippen molar-refractivity contribution in [2.75, 3.05) is 34.3 Å². The van der Waals surface area contributed by atoms with E-state index in [1.807, 2.05) is 31.1 Å². The van der Waals surface area contributed by atoms with Gasteiger partial charge in [-0.1, -0.05) is 28.1 Å². The van der Waals surface area contributed by atoms with Crippen LogP contribution in [0.1, 0.15) is 28.6 Å². The van der Waals surface area contributed by atoms with E-state index in [2.05, 4.69) is 15.9 Å². The van der Waals surface area contributed by atoms with Crippen molar-refractivity contribution >= 4 is 38.6 Å². The van der Waals surface area contributed by atoms with Gasteiger partial charge in [-0.2, -0.15) is 0 Å². The Morgan fingerprint density at radius 2 is 1.91 bits per heavy atom. The molecule has 0 fully saturated rings. The highest BCUT2D eigenvalue weighted by atomic mass is 79.9. The summed E-state index contributed by atoms with van der Waals surface area (Å²) >= 11 is 3.42. The fourth-order valence-corrected chi connectivity index (χ4v) is 4.44. The molecule has 0 bridgehead atoms. The summed E-state index contributed by atoms with van der Waals surface area (Å²) in [5, 5.41) is 11.6. The van der Waals surface area contributed by atoms with Crippen LogP contribution in [0, 0.1) is 0 Å². The number of carbonyl (C=O) groups excluding carboxylic acids is 2. The third-order valence-corrected chi connectivity index (χ3v) is 6.18. The Morgan fingerprint density at radius 1 is 1.18 bits per heavy atom. The molecule has 1 amide bonds. The van der Waals surface area contributed by atoms with Gasteiger partial charge >= 0.3 is 0 Å². The fourth-order valence-electron chi connectivity index (χ4n) is 4.07. The maximum Gasteiger partial charge on any atom is 0.290 e. The molecular formula is C25H25BrN2O5. The zero-order chi connectivity index (χ0) is 23.7. The number of nitrogens with zero attached hydrogens (tertiary/aromatic N) is 2. The highest BCUT2D eigenvalue weighted by Crippen LogP contribution is 2.40. The third kappa shape index (κ3) is 4.54. The standard InChI is InChI=1S/C25H25BrN2O5/c1-27(2)11-4-12-28-22(15-5-8-18(32-3)9-6-15)21(24(30)25(28)31)23(29)20-14-16-13-17(26)7-10-19(16)33-20/h5-10,13-14,22,30H,4,11-12H2,1-3H3. The van der Waals surface area contributed by atoms with E-state index in [0.717, 1.165) is 16.4 Å². The molecule has 0 aliphatic carbocycles. The first kappa shape index (κ1) is 23.1. The first-order valence-corrected chi connectivity index (χ1v) is 11.4. The average molecular weight is 513 g/mol. The van der Waals surface area contributed by atoms with Gasteiger partial charge in [0, 0.05) is 16.4 Å². The van der Waals surface area contributed by atoms with E-state index in [-0.39, 0.29) is 11.3 Å². The summed E-state index contributed by atoms with van der Waals surface area (Å²) in [5.74, 6) is -0.870. The smallest absolute Gasteiger partial charge is 0.290 e. The second kappa shape index (κ2) is 9.41. The van der Waals surface area contributed by atoms with Crippen LogP contribution in [0.25, 0.3) is 11.0 Å². The van der Waals surface area contributed by atoms with E-state index in [1.165, 1.54) is 0 Å². The van der Waals surface area contributed by atoms with Gasteiger partial charge in [0.15, 0.2) is 11.5 Å². The summed E-state index contributed by atoms with van der Waals surface area (Å²) in [4.78, 5) is 30.2. The number of carbonyl (C=O) groups is 2. The molecule has 1 aliphatic heterocycles. The van der Waals surface area contributed by atoms with Gasteiger partial charge in [0.05, 0.1) is 18.7 Å². The molecule has 172 valence electrons. The van der Waals surface area contributed by atoms with Crippen molar-refractivity contribution in [1.82, 2.24) is 9.80 Å². The molecule has 4 rings (SSSR count). The van der Waals surface area contributed by atoms with Crippen LogP contribution in [0.2, 0.25) is 0 Å². The number of furan rings is 1. The van der Waals surface area contributed by atoms with E-state index < -0.39 is 23.5 Å². The van der Waals surface area contributed by atoms with Gasteiger partial charge in [-0.3, -0.25) is 9.59 Å². The summed E-state index contributed by atoms with van der Waals surface area (Å²) in [6.45, 7) is 1.16. The van der Waals surface area contributed by atoms with Crippen LogP contribution in [0.15, 0.2) is 68.8 Å². The zero-order valence-corrected chi connectivity index (χ0v) is 20.3. The van der Waals surface area contributed by atoms with Crippen molar-refractivity contribution in [3.8, 4) is 5.75 Å². The number of Topliss-reactive ketones (excluding diaryl/α,β-unsaturated/α-hetero) is 1. The predicted octanol–water partition coefficient (Wildman–Crippen LogP) is 4.73. The van der Waals surface area contributed by atoms with Crippen molar-refractivity contribution in [3.63, 3.8) is 0 Å². The quantitative estimate of drug-likeness (QED) is 0.439. The van der Waals surface area contributed by atoms with Crippen LogP contribution in [-0.2, 0) is 4.79 Å². The normalized spacial score (nSPS) is 16.3. The van der Waals surface area contributed by atoms with Gasteiger partial charge in [0.2, 0.25) is 5.78 Å². The molecule has 0 spiro atoms. The lowest BCUT2D eigenvalue weighted by Crippen LogP contribution is -2.33. The van der Waals surface area contributed by atoms with E-state index in [9.17, 15) is 14.7 Å². The number of aliphatic hydroxyl groups excluding tert-OH is 1. The lowest BCUT2D eigenvalue weighted by Gasteiger charge is -2.27. The Bertz CT molecular complexity index is 1230. The second-order valence-corrected chi connectivity index (χ2v) is 9.13. The first-order valence-electron chi connectivity index (χ1n) is 10.6. The molecule has 1 unspecified atom stereocenters. The molecule has 33 heavy (non-hydrogen) atoms. The minimum Gasteiger partial charge on any atom is -0.503 e. The van der Waals surface area contributed by atoms with Gasteiger partial charge in [-0.15, -0.1) is 0 Å². The van der Waals surface area contributed by atoms with Gasteiger partial charge in [-0.05, 0) is 69.0 Å². The molecule has 8 heteroatoms. The van der Waals surface area contributed by atoms with Crippen LogP contribution in [0.4, 0.5) is 0 Å². The van der Waals surface area contributed by atoms with E-state index in [4.69, 9.17) is 9.15 Å². The molecule has 2 aromatic carbocycles. The number of halogens is 1. The van der Waals surface area contributed by atoms with Gasteiger partial charge < -0.3 is 24.1 Å². The molecule has 1 aliphatic rings. The highest BCUT2D eigenvalue weighted by Gasteiger charge is 2.44. The number of ketones is 1. The number of methoxy groups -OCH3 is 1. The number of aliphatic hydroxyl groups is 1. The van der Waals surface area contributed by atoms with Crippen LogP contribution in [0.5, 0.6) is 5.75 Å². The van der Waals surface area contributed by atoms with Crippen molar-refractivity contribution in [2.45, 2.75) is 12.5 Å². The number of hydrogen-bond donors (Lipinski definition) is 1. The summed E-state index contributed by atoms with van der Waals surface area (Å²) < 4.78 is 11.9. The SMILES string of the molecule is COc1ccc(C2C(C(=O)c3cc4cc(Br)ccc4o3)=C(O)C(=O)N2CCCN(C)C)cc1. The largest absolute Gasteiger partial charge is 0.503 e. The number of ether oxygens (including phenoxy) is 1. The monoisotopic (exact) mass is 512 g/mol. The maximum atomic E-state index is 13.6. The Hall–Kier alpha value is -3.10. The molecule has 0 saturated carbocycles. The van der Waals surface area contributed by atoms with Crippen molar-refractivity contribution < 1.29 is 23.8 Å². The van der Waals surface area contributed by atoms with E-state index in [0.29, 0.717) is 29.9 Å². The topological polar surface area (TPSA) is 83.2 Å². The summed E-state index contributed by atoms with van der Waals surface area (Å²) in [6.07, 6.45) is 0.693. The first-order chi connectivity index (χ1) is 15.8. The number of rotatable bonds is 8. The van der Waals surface area contributed by atoms with Crippen molar-refractivity contribution in [3.05, 3.63) is 75.7 Å². The molecular weight excluding hydrogens is 488 g/mol. The van der Waals surface area contributed by atoms with Crippen LogP contribution >= 0.6 is 15.9 Å². The fraction of sp³-hybridized carbons (Fsp3) is 0.280. The van der Waals surface area contributed by atoms with Gasteiger partial charge in [0.25, 0.3) is 5.91 Å². The summed E-state index contributed by atoms with van der Waals surface area (Å²) in [7, 11) is 5.48. The number of benzene rings is 2. The molecule has 3 aromatic rings. The Labute approximate surface area is 200 Å². The van der Waals surface area contributed by atoms with E-state index in [1.54, 1.807) is 48.4 Å². The maximum absolute atomic E-state index is 13.6. The molecule has 0 radical (unpaired) electrons. The molecule has 1 N–H and O–H groups in total. The minimum absolute atomic E-state index is 0.0214.